The number of rotatable bonds is 18. The highest BCUT2D eigenvalue weighted by Gasteiger charge is 2.06. The minimum atomic E-state index is 0.709. The van der Waals surface area contributed by atoms with Gasteiger partial charge >= 0.3 is 0 Å². The predicted molar refractivity (Wildman–Crippen MR) is 188 cm³/mol. The summed E-state index contributed by atoms with van der Waals surface area (Å²) in [5, 5.41) is 0. The van der Waals surface area contributed by atoms with Crippen LogP contribution in [0.1, 0.15) is 106 Å². The lowest BCUT2D eigenvalue weighted by atomic mass is 10.1. The van der Waals surface area contributed by atoms with Crippen molar-refractivity contribution in [2.24, 2.45) is 0 Å². The van der Waals surface area contributed by atoms with Crippen LogP contribution in [0, 0.1) is 0 Å². The molecule has 0 heterocycles. The molecule has 0 aliphatic carbocycles. The fourth-order valence-corrected chi connectivity index (χ4v) is 4.63. The highest BCUT2D eigenvalue weighted by molar-refractivity contribution is 5.77. The molecule has 0 N–H and O–H groups in total. The number of hydrogen-bond donors (Lipinski definition) is 0. The van der Waals surface area contributed by atoms with E-state index in [0.717, 1.165) is 24.9 Å². The second-order valence-corrected chi connectivity index (χ2v) is 10.9. The van der Waals surface area contributed by atoms with Gasteiger partial charge in [0, 0.05) is 43.1 Å². The van der Waals surface area contributed by atoms with Crippen molar-refractivity contribution in [2.75, 3.05) is 36.0 Å². The summed E-state index contributed by atoms with van der Waals surface area (Å²) in [5.74, 6) is 0. The molecule has 0 unspecified atom stereocenters. The van der Waals surface area contributed by atoms with Crippen molar-refractivity contribution in [3.8, 4) is 0 Å². The quantitative estimate of drug-likeness (QED) is 0.113. The first kappa shape index (κ1) is 34.6. The Bertz CT molecular complexity index is 1130. The lowest BCUT2D eigenvalue weighted by Crippen LogP contribution is -2.25. The van der Waals surface area contributed by atoms with Crippen LogP contribution in [0.25, 0.3) is 18.2 Å². The lowest BCUT2D eigenvalue weighted by Gasteiger charge is -2.24. The molecule has 0 aliphatic rings. The Morgan fingerprint density at radius 2 is 0.810 bits per heavy atom. The van der Waals surface area contributed by atoms with Gasteiger partial charge in [0.15, 0.2) is 0 Å². The predicted octanol–water partition coefficient (Wildman–Crippen LogP) is 10.8. The number of anilines is 2. The van der Waals surface area contributed by atoms with Crippen LogP contribution in [-0.4, -0.2) is 32.5 Å². The molecule has 0 aromatic heterocycles. The van der Waals surface area contributed by atoms with Gasteiger partial charge in [0.2, 0.25) is 0 Å². The molecular weight excluding hydrogens is 512 g/mol. The SMILES string of the molecule is C=Cc1ccc(N(CCCC)CCCC)cc1.CCCCN(CCCC)c1ccc(/C=C/c2ccc(C=O)cc2)cc1. The molecule has 0 fully saturated rings. The molecule has 3 heteroatoms. The summed E-state index contributed by atoms with van der Waals surface area (Å²) in [4.78, 5) is 15.7. The molecule has 3 nitrogen and oxygen atoms in total. The summed E-state index contributed by atoms with van der Waals surface area (Å²) in [6.07, 6.45) is 16.9. The van der Waals surface area contributed by atoms with Crippen molar-refractivity contribution < 1.29 is 4.79 Å². The molecule has 0 radical (unpaired) electrons. The topological polar surface area (TPSA) is 23.6 Å². The summed E-state index contributed by atoms with van der Waals surface area (Å²) in [6.45, 7) is 17.4. The Morgan fingerprint density at radius 3 is 1.12 bits per heavy atom. The van der Waals surface area contributed by atoms with Crippen molar-refractivity contribution in [1.82, 2.24) is 0 Å². The summed E-state index contributed by atoms with van der Waals surface area (Å²) >= 11 is 0. The van der Waals surface area contributed by atoms with Crippen LogP contribution >= 0.6 is 0 Å². The first-order chi connectivity index (χ1) is 20.6. The molecule has 3 aromatic rings. The maximum absolute atomic E-state index is 10.7. The average Bonchev–Trinajstić information content (AvgIpc) is 3.05. The third-order valence-corrected chi connectivity index (χ3v) is 7.42. The molecule has 226 valence electrons. The van der Waals surface area contributed by atoms with Crippen LogP contribution < -0.4 is 9.80 Å². The Kier molecular flexibility index (Phi) is 17.4. The van der Waals surface area contributed by atoms with Gasteiger partial charge in [0.25, 0.3) is 0 Å². The van der Waals surface area contributed by atoms with Gasteiger partial charge in [-0.2, -0.15) is 0 Å². The van der Waals surface area contributed by atoms with Crippen molar-refractivity contribution in [3.63, 3.8) is 0 Å². The van der Waals surface area contributed by atoms with Gasteiger partial charge in [-0.15, -0.1) is 0 Å². The molecule has 0 amide bonds. The molecule has 0 saturated heterocycles. The lowest BCUT2D eigenvalue weighted by molar-refractivity contribution is 0.112. The van der Waals surface area contributed by atoms with Crippen molar-refractivity contribution in [2.45, 2.75) is 79.1 Å². The largest absolute Gasteiger partial charge is 0.372 e. The maximum atomic E-state index is 10.7. The Balaban J connectivity index is 0.000000317. The maximum Gasteiger partial charge on any atom is 0.150 e. The fraction of sp³-hybridized carbons (Fsp3) is 0.410. The normalized spacial score (nSPS) is 10.7. The van der Waals surface area contributed by atoms with E-state index in [0.29, 0.717) is 5.56 Å². The van der Waals surface area contributed by atoms with Gasteiger partial charge in [-0.1, -0.05) is 127 Å². The van der Waals surface area contributed by atoms with Crippen molar-refractivity contribution in [3.05, 3.63) is 102 Å². The Hall–Kier alpha value is -3.59. The summed E-state index contributed by atoms with van der Waals surface area (Å²) < 4.78 is 0. The second kappa shape index (κ2) is 21.2. The zero-order valence-corrected chi connectivity index (χ0v) is 26.7. The van der Waals surface area contributed by atoms with E-state index in [2.05, 4.69) is 105 Å². The minimum absolute atomic E-state index is 0.709. The van der Waals surface area contributed by atoms with E-state index in [9.17, 15) is 4.79 Å². The fourth-order valence-electron chi connectivity index (χ4n) is 4.63. The third-order valence-electron chi connectivity index (χ3n) is 7.42. The molecule has 0 saturated carbocycles. The van der Waals surface area contributed by atoms with Gasteiger partial charge in [-0.3, -0.25) is 4.79 Å². The zero-order valence-electron chi connectivity index (χ0n) is 26.7. The molecule has 0 aliphatic heterocycles. The number of benzene rings is 3. The molecule has 42 heavy (non-hydrogen) atoms. The number of aldehydes is 1. The standard InChI is InChI=1S/C23H29NO.C16H25N/c1-3-5-17-24(18-6-4-2)23-15-13-21(14-16-23)8-7-20-9-11-22(19-25)12-10-20;1-4-7-13-17(14-8-5-2)16-11-9-15(6-3)10-12-16/h7-16,19H,3-6,17-18H2,1-2H3;6,9-12H,3-5,7-8,13-14H2,1-2H3/b8-7+;. The van der Waals surface area contributed by atoms with Crippen LogP contribution in [0.15, 0.2) is 79.4 Å². The van der Waals surface area contributed by atoms with Crippen LogP contribution in [-0.2, 0) is 0 Å². The number of unbranched alkanes of at least 4 members (excludes halogenated alkanes) is 4. The number of carbonyl (C=O) groups excluding carboxylic acids is 1. The van der Waals surface area contributed by atoms with E-state index in [4.69, 9.17) is 0 Å². The summed E-state index contributed by atoms with van der Waals surface area (Å²) in [7, 11) is 0. The molecule has 0 atom stereocenters. The van der Waals surface area contributed by atoms with Gasteiger partial charge in [0.05, 0.1) is 0 Å². The van der Waals surface area contributed by atoms with Crippen LogP contribution in [0.5, 0.6) is 0 Å². The molecule has 3 aromatic carbocycles. The van der Waals surface area contributed by atoms with E-state index in [1.807, 2.05) is 30.3 Å². The monoisotopic (exact) mass is 566 g/mol. The van der Waals surface area contributed by atoms with E-state index in [-0.39, 0.29) is 0 Å². The van der Waals surface area contributed by atoms with Gasteiger partial charge in [-0.05, 0) is 66.6 Å². The van der Waals surface area contributed by atoms with Gasteiger partial charge < -0.3 is 9.80 Å². The minimum Gasteiger partial charge on any atom is -0.372 e. The smallest absolute Gasteiger partial charge is 0.150 e. The summed E-state index contributed by atoms with van der Waals surface area (Å²) in [6, 6.07) is 25.1. The highest BCUT2D eigenvalue weighted by Crippen LogP contribution is 2.19. The van der Waals surface area contributed by atoms with E-state index in [1.54, 1.807) is 0 Å². The number of nitrogens with zero attached hydrogens (tertiary/aromatic N) is 2. The average molecular weight is 567 g/mol. The molecule has 0 spiro atoms. The first-order valence-electron chi connectivity index (χ1n) is 16.1. The zero-order chi connectivity index (χ0) is 30.4. The van der Waals surface area contributed by atoms with Crippen molar-refractivity contribution in [1.29, 1.82) is 0 Å². The number of hydrogen-bond acceptors (Lipinski definition) is 3. The second-order valence-electron chi connectivity index (χ2n) is 10.9. The van der Waals surface area contributed by atoms with E-state index in [1.165, 1.54) is 87.0 Å². The molecule has 3 rings (SSSR count). The van der Waals surface area contributed by atoms with Crippen LogP contribution in [0.2, 0.25) is 0 Å². The van der Waals surface area contributed by atoms with E-state index >= 15 is 0 Å². The van der Waals surface area contributed by atoms with E-state index < -0.39 is 0 Å². The summed E-state index contributed by atoms with van der Waals surface area (Å²) in [5.41, 5.74) is 6.85. The molecular formula is C39H54N2O. The molecule has 0 bridgehead atoms. The Labute approximate surface area is 257 Å². The van der Waals surface area contributed by atoms with Gasteiger partial charge in [0.1, 0.15) is 6.29 Å². The third kappa shape index (κ3) is 12.9. The van der Waals surface area contributed by atoms with Gasteiger partial charge in [-0.25, -0.2) is 0 Å². The first-order valence-corrected chi connectivity index (χ1v) is 16.1. The van der Waals surface area contributed by atoms with Crippen LogP contribution in [0.4, 0.5) is 11.4 Å². The number of carbonyl (C=O) groups is 1. The highest BCUT2D eigenvalue weighted by atomic mass is 16.1. The van der Waals surface area contributed by atoms with Crippen LogP contribution in [0.3, 0.4) is 0 Å². The van der Waals surface area contributed by atoms with Crippen molar-refractivity contribution >= 4 is 35.9 Å². The Morgan fingerprint density at radius 1 is 0.500 bits per heavy atom.